The lowest BCUT2D eigenvalue weighted by atomic mass is 10.2. The number of nitrogens with one attached hydrogen (secondary N) is 1. The lowest BCUT2D eigenvalue weighted by Crippen LogP contribution is -2.42. The Hall–Kier alpha value is -1.10. The first-order valence-electron chi connectivity index (χ1n) is 5.14. The molecule has 1 aliphatic rings. The molecule has 1 saturated heterocycles. The van der Waals surface area contributed by atoms with E-state index in [0.717, 1.165) is 13.0 Å². The van der Waals surface area contributed by atoms with E-state index in [2.05, 4.69) is 5.32 Å². The Morgan fingerprint density at radius 1 is 1.47 bits per heavy atom. The van der Waals surface area contributed by atoms with E-state index < -0.39 is 11.7 Å². The van der Waals surface area contributed by atoms with Gasteiger partial charge >= 0.3 is 6.09 Å². The Bertz CT molecular complexity index is 258. The van der Waals surface area contributed by atoms with Crippen molar-refractivity contribution in [3.05, 3.63) is 0 Å². The highest BCUT2D eigenvalue weighted by Gasteiger charge is 2.27. The quantitative estimate of drug-likeness (QED) is 0.646. The molecule has 0 radical (unpaired) electrons. The lowest BCUT2D eigenvalue weighted by Gasteiger charge is -2.24. The molecular formula is C10H18N2O3. The highest BCUT2D eigenvalue weighted by molar-refractivity contribution is 5.93. The Balaban J connectivity index is 2.60. The fourth-order valence-corrected chi connectivity index (χ4v) is 1.29. The normalized spacial score (nSPS) is 18.6. The van der Waals surface area contributed by atoms with Crippen molar-refractivity contribution < 1.29 is 14.3 Å². The van der Waals surface area contributed by atoms with E-state index >= 15 is 0 Å². The van der Waals surface area contributed by atoms with Crippen LogP contribution in [0.15, 0.2) is 0 Å². The van der Waals surface area contributed by atoms with Crippen molar-refractivity contribution in [1.29, 1.82) is 0 Å². The summed E-state index contributed by atoms with van der Waals surface area (Å²) < 4.78 is 5.14. The van der Waals surface area contributed by atoms with Crippen molar-refractivity contribution in [3.8, 4) is 0 Å². The van der Waals surface area contributed by atoms with Gasteiger partial charge in [0.15, 0.2) is 0 Å². The summed E-state index contributed by atoms with van der Waals surface area (Å²) >= 11 is 0. The van der Waals surface area contributed by atoms with Crippen molar-refractivity contribution in [2.24, 2.45) is 0 Å². The standard InChI is InChI=1S/C10H18N2O3/c1-10(2,3)15-9(14)12-6-4-5-11-7-8(12)13/h11H,4-7H2,1-3H3. The van der Waals surface area contributed by atoms with Gasteiger partial charge in [0.25, 0.3) is 0 Å². The number of amides is 2. The molecule has 5 heteroatoms. The molecule has 0 spiro atoms. The predicted octanol–water partition coefficient (Wildman–Crippen LogP) is 0.743. The van der Waals surface area contributed by atoms with Gasteiger partial charge < -0.3 is 10.1 Å². The van der Waals surface area contributed by atoms with Crippen LogP contribution in [0.1, 0.15) is 27.2 Å². The van der Waals surface area contributed by atoms with Crippen LogP contribution in [0.2, 0.25) is 0 Å². The van der Waals surface area contributed by atoms with Gasteiger partial charge in [0.1, 0.15) is 5.60 Å². The fourth-order valence-electron chi connectivity index (χ4n) is 1.29. The van der Waals surface area contributed by atoms with E-state index in [1.807, 2.05) is 0 Å². The minimum absolute atomic E-state index is 0.208. The Morgan fingerprint density at radius 3 is 2.73 bits per heavy atom. The number of carbonyl (C=O) groups excluding carboxylic acids is 2. The maximum atomic E-state index is 11.6. The molecule has 2 amide bonds. The molecule has 1 rings (SSSR count). The van der Waals surface area contributed by atoms with Gasteiger partial charge in [-0.3, -0.25) is 4.79 Å². The topological polar surface area (TPSA) is 58.6 Å². The molecule has 1 N–H and O–H groups in total. The average molecular weight is 214 g/mol. The minimum Gasteiger partial charge on any atom is -0.443 e. The maximum absolute atomic E-state index is 11.6. The third-order valence-corrected chi connectivity index (χ3v) is 1.93. The van der Waals surface area contributed by atoms with Crippen molar-refractivity contribution in [1.82, 2.24) is 10.2 Å². The molecule has 0 aromatic carbocycles. The second-order valence-corrected chi connectivity index (χ2v) is 4.56. The van der Waals surface area contributed by atoms with Crippen LogP contribution < -0.4 is 5.32 Å². The van der Waals surface area contributed by atoms with E-state index in [4.69, 9.17) is 4.74 Å². The molecule has 1 heterocycles. The number of nitrogens with zero attached hydrogens (tertiary/aromatic N) is 1. The number of hydrogen-bond acceptors (Lipinski definition) is 4. The Morgan fingerprint density at radius 2 is 2.13 bits per heavy atom. The first kappa shape index (κ1) is 12.0. The third-order valence-electron chi connectivity index (χ3n) is 1.93. The zero-order valence-electron chi connectivity index (χ0n) is 9.50. The molecule has 15 heavy (non-hydrogen) atoms. The van der Waals surface area contributed by atoms with E-state index in [-0.39, 0.29) is 12.5 Å². The molecule has 0 atom stereocenters. The molecule has 0 aromatic heterocycles. The molecule has 0 aromatic rings. The zero-order chi connectivity index (χ0) is 11.5. The molecular weight excluding hydrogens is 196 g/mol. The van der Waals surface area contributed by atoms with Gasteiger partial charge in [-0.25, -0.2) is 9.69 Å². The summed E-state index contributed by atoms with van der Waals surface area (Å²) in [5.41, 5.74) is -0.558. The van der Waals surface area contributed by atoms with Crippen LogP contribution in [0.3, 0.4) is 0 Å². The van der Waals surface area contributed by atoms with Crippen LogP contribution in [0.25, 0.3) is 0 Å². The molecule has 5 nitrogen and oxygen atoms in total. The zero-order valence-corrected chi connectivity index (χ0v) is 9.50. The first-order valence-corrected chi connectivity index (χ1v) is 5.14. The van der Waals surface area contributed by atoms with Crippen LogP contribution in [0.4, 0.5) is 4.79 Å². The largest absolute Gasteiger partial charge is 0.443 e. The van der Waals surface area contributed by atoms with Crippen molar-refractivity contribution >= 4 is 12.0 Å². The summed E-state index contributed by atoms with van der Waals surface area (Å²) in [6, 6.07) is 0. The van der Waals surface area contributed by atoms with E-state index in [9.17, 15) is 9.59 Å². The van der Waals surface area contributed by atoms with Gasteiger partial charge in [0, 0.05) is 6.54 Å². The van der Waals surface area contributed by atoms with Crippen LogP contribution in [-0.2, 0) is 9.53 Å². The second-order valence-electron chi connectivity index (χ2n) is 4.56. The highest BCUT2D eigenvalue weighted by atomic mass is 16.6. The van der Waals surface area contributed by atoms with Gasteiger partial charge in [-0.2, -0.15) is 0 Å². The molecule has 1 fully saturated rings. The van der Waals surface area contributed by atoms with E-state index in [1.54, 1.807) is 20.8 Å². The Labute approximate surface area is 89.8 Å². The van der Waals surface area contributed by atoms with Crippen LogP contribution in [-0.4, -0.2) is 42.1 Å². The van der Waals surface area contributed by atoms with E-state index in [0.29, 0.717) is 6.54 Å². The fraction of sp³-hybridized carbons (Fsp3) is 0.800. The molecule has 0 saturated carbocycles. The SMILES string of the molecule is CC(C)(C)OC(=O)N1CCCNCC1=O. The second kappa shape index (κ2) is 4.61. The van der Waals surface area contributed by atoms with Gasteiger partial charge in [0.2, 0.25) is 5.91 Å². The molecule has 0 unspecified atom stereocenters. The number of imide groups is 1. The van der Waals surface area contributed by atoms with E-state index in [1.165, 1.54) is 4.90 Å². The summed E-state index contributed by atoms with van der Waals surface area (Å²) in [6.07, 6.45) is 0.224. The summed E-state index contributed by atoms with van der Waals surface area (Å²) in [5.74, 6) is -0.221. The van der Waals surface area contributed by atoms with Crippen molar-refractivity contribution in [3.63, 3.8) is 0 Å². The van der Waals surface area contributed by atoms with Crippen molar-refractivity contribution in [2.45, 2.75) is 32.8 Å². The molecule has 0 bridgehead atoms. The summed E-state index contributed by atoms with van der Waals surface area (Å²) in [4.78, 5) is 24.3. The monoisotopic (exact) mass is 214 g/mol. The van der Waals surface area contributed by atoms with Crippen LogP contribution in [0.5, 0.6) is 0 Å². The summed E-state index contributed by atoms with van der Waals surface area (Å²) in [7, 11) is 0. The van der Waals surface area contributed by atoms with Crippen LogP contribution in [0, 0.1) is 0 Å². The smallest absolute Gasteiger partial charge is 0.417 e. The Kier molecular flexibility index (Phi) is 3.68. The van der Waals surface area contributed by atoms with Gasteiger partial charge in [0.05, 0.1) is 6.54 Å². The number of rotatable bonds is 0. The molecule has 1 aliphatic heterocycles. The van der Waals surface area contributed by atoms with Crippen molar-refractivity contribution in [2.75, 3.05) is 19.6 Å². The van der Waals surface area contributed by atoms with Crippen LogP contribution >= 0.6 is 0 Å². The first-order chi connectivity index (χ1) is 6.90. The highest BCUT2D eigenvalue weighted by Crippen LogP contribution is 2.10. The summed E-state index contributed by atoms with van der Waals surface area (Å²) in [5, 5.41) is 2.95. The lowest BCUT2D eigenvalue weighted by molar-refractivity contribution is -0.128. The predicted molar refractivity (Wildman–Crippen MR) is 55.4 cm³/mol. The van der Waals surface area contributed by atoms with Gasteiger partial charge in [-0.15, -0.1) is 0 Å². The number of ether oxygens (including phenoxy) is 1. The minimum atomic E-state index is -0.558. The third kappa shape index (κ3) is 3.87. The number of hydrogen-bond donors (Lipinski definition) is 1. The van der Waals surface area contributed by atoms with Gasteiger partial charge in [-0.1, -0.05) is 0 Å². The van der Waals surface area contributed by atoms with Gasteiger partial charge in [-0.05, 0) is 33.7 Å². The molecule has 86 valence electrons. The molecule has 0 aliphatic carbocycles. The number of carbonyl (C=O) groups is 2. The summed E-state index contributed by atoms with van der Waals surface area (Å²) in [6.45, 7) is 6.74. The average Bonchev–Trinajstić information content (AvgIpc) is 2.26. The maximum Gasteiger partial charge on any atom is 0.417 e.